The molecule has 0 fully saturated rings. The summed E-state index contributed by atoms with van der Waals surface area (Å²) in [6, 6.07) is 13.7. The van der Waals surface area contributed by atoms with E-state index >= 15 is 0 Å². The fourth-order valence-corrected chi connectivity index (χ4v) is 2.88. The number of nitrogens with two attached hydrogens (primary N) is 1. The van der Waals surface area contributed by atoms with Gasteiger partial charge in [-0.15, -0.1) is 0 Å². The lowest BCUT2D eigenvalue weighted by atomic mass is 9.97. The standard InChI is InChI=1S/C19H13FN6/c20-12-4-1-3-11(7-12)18-15(10-24-26-18)13-8-17(16-5-2-6-23-16)25-19(22)14(13)9-21/h1-8,10,23H,(H2,22,25)(H,24,26). The first-order chi connectivity index (χ1) is 12.7. The van der Waals surface area contributed by atoms with E-state index in [0.717, 1.165) is 5.69 Å². The van der Waals surface area contributed by atoms with Crippen LogP contribution in [0.1, 0.15) is 5.56 Å². The molecule has 3 aromatic heterocycles. The zero-order valence-electron chi connectivity index (χ0n) is 13.5. The number of halogens is 1. The van der Waals surface area contributed by atoms with Gasteiger partial charge in [0.25, 0.3) is 0 Å². The maximum Gasteiger partial charge on any atom is 0.142 e. The van der Waals surface area contributed by atoms with Crippen molar-refractivity contribution in [1.82, 2.24) is 20.2 Å². The molecule has 0 aliphatic rings. The number of hydrogen-bond acceptors (Lipinski definition) is 4. The van der Waals surface area contributed by atoms with Crippen molar-refractivity contribution in [2.45, 2.75) is 0 Å². The maximum absolute atomic E-state index is 13.6. The highest BCUT2D eigenvalue weighted by molar-refractivity contribution is 5.87. The van der Waals surface area contributed by atoms with Gasteiger partial charge < -0.3 is 10.7 Å². The summed E-state index contributed by atoms with van der Waals surface area (Å²) in [6.45, 7) is 0. The summed E-state index contributed by atoms with van der Waals surface area (Å²) in [7, 11) is 0. The number of anilines is 1. The first-order valence-corrected chi connectivity index (χ1v) is 7.81. The summed E-state index contributed by atoms with van der Waals surface area (Å²) >= 11 is 0. The molecule has 0 radical (unpaired) electrons. The highest BCUT2D eigenvalue weighted by Gasteiger charge is 2.18. The van der Waals surface area contributed by atoms with Crippen LogP contribution in [0.5, 0.6) is 0 Å². The van der Waals surface area contributed by atoms with Crippen LogP contribution in [0.3, 0.4) is 0 Å². The Bertz CT molecular complexity index is 1120. The second-order valence-electron chi connectivity index (χ2n) is 5.68. The fraction of sp³-hybridized carbons (Fsp3) is 0. The summed E-state index contributed by atoms with van der Waals surface area (Å²) in [6.07, 6.45) is 3.37. The second kappa shape index (κ2) is 6.18. The number of aromatic nitrogens is 4. The first kappa shape index (κ1) is 15.6. The largest absolute Gasteiger partial charge is 0.383 e. The van der Waals surface area contributed by atoms with E-state index in [1.807, 2.05) is 12.1 Å². The molecule has 0 aliphatic carbocycles. The van der Waals surface area contributed by atoms with Crippen molar-refractivity contribution in [2.24, 2.45) is 0 Å². The summed E-state index contributed by atoms with van der Waals surface area (Å²) in [4.78, 5) is 7.38. The number of nitrogens with one attached hydrogen (secondary N) is 2. The maximum atomic E-state index is 13.6. The number of nitrogens with zero attached hydrogens (tertiary/aromatic N) is 3. The number of nitrogen functional groups attached to an aromatic ring is 1. The number of hydrogen-bond donors (Lipinski definition) is 3. The normalized spacial score (nSPS) is 10.6. The van der Waals surface area contributed by atoms with E-state index in [0.29, 0.717) is 28.1 Å². The van der Waals surface area contributed by atoms with Gasteiger partial charge in [0.15, 0.2) is 0 Å². The van der Waals surface area contributed by atoms with Crippen LogP contribution in [-0.2, 0) is 0 Å². The molecule has 0 atom stereocenters. The van der Waals surface area contributed by atoms with Gasteiger partial charge >= 0.3 is 0 Å². The summed E-state index contributed by atoms with van der Waals surface area (Å²) < 4.78 is 13.6. The Morgan fingerprint density at radius 3 is 2.73 bits per heavy atom. The molecule has 0 aliphatic heterocycles. The average molecular weight is 344 g/mol. The molecule has 126 valence electrons. The quantitative estimate of drug-likeness (QED) is 0.526. The lowest BCUT2D eigenvalue weighted by molar-refractivity contribution is 0.628. The van der Waals surface area contributed by atoms with Crippen molar-refractivity contribution < 1.29 is 4.39 Å². The number of nitriles is 1. The van der Waals surface area contributed by atoms with Crippen molar-refractivity contribution in [3.05, 3.63) is 66.2 Å². The average Bonchev–Trinajstić information content (AvgIpc) is 3.33. The van der Waals surface area contributed by atoms with Gasteiger partial charge in [0.1, 0.15) is 23.3 Å². The molecule has 1 aromatic carbocycles. The van der Waals surface area contributed by atoms with Crippen LogP contribution >= 0.6 is 0 Å². The van der Waals surface area contributed by atoms with Gasteiger partial charge in [-0.2, -0.15) is 10.4 Å². The van der Waals surface area contributed by atoms with E-state index in [9.17, 15) is 9.65 Å². The molecule has 0 spiro atoms. The Morgan fingerprint density at radius 2 is 2.00 bits per heavy atom. The summed E-state index contributed by atoms with van der Waals surface area (Å²) in [5.41, 5.74) is 10.1. The zero-order chi connectivity index (χ0) is 18.1. The van der Waals surface area contributed by atoms with Gasteiger partial charge in [0.2, 0.25) is 0 Å². The Morgan fingerprint density at radius 1 is 1.12 bits per heavy atom. The molecular weight excluding hydrogens is 331 g/mol. The van der Waals surface area contributed by atoms with E-state index in [-0.39, 0.29) is 17.2 Å². The monoisotopic (exact) mass is 344 g/mol. The summed E-state index contributed by atoms with van der Waals surface area (Å²) in [5.74, 6) is -0.231. The predicted molar refractivity (Wildman–Crippen MR) is 96.1 cm³/mol. The fourth-order valence-electron chi connectivity index (χ4n) is 2.88. The van der Waals surface area contributed by atoms with E-state index in [1.165, 1.54) is 12.1 Å². The Labute approximate surface area is 148 Å². The van der Waals surface area contributed by atoms with Gasteiger partial charge in [-0.05, 0) is 30.3 Å². The van der Waals surface area contributed by atoms with Gasteiger partial charge in [-0.1, -0.05) is 12.1 Å². The molecule has 0 amide bonds. The molecule has 0 unspecified atom stereocenters. The molecule has 6 nitrogen and oxygen atoms in total. The number of rotatable bonds is 3. The third-order valence-electron chi connectivity index (χ3n) is 4.08. The van der Waals surface area contributed by atoms with E-state index in [4.69, 9.17) is 5.73 Å². The minimum atomic E-state index is -0.357. The third-order valence-corrected chi connectivity index (χ3v) is 4.08. The Balaban J connectivity index is 1.94. The lowest BCUT2D eigenvalue weighted by Crippen LogP contribution is -2.00. The highest BCUT2D eigenvalue weighted by Crippen LogP contribution is 2.35. The van der Waals surface area contributed by atoms with Gasteiger partial charge in [0, 0.05) is 22.9 Å². The molecule has 0 saturated carbocycles. The molecule has 0 saturated heterocycles. The summed E-state index contributed by atoms with van der Waals surface area (Å²) in [5, 5.41) is 16.5. The number of H-pyrrole nitrogens is 2. The van der Waals surface area contributed by atoms with Crippen LogP contribution in [0.4, 0.5) is 10.2 Å². The topological polar surface area (TPSA) is 107 Å². The van der Waals surface area contributed by atoms with Crippen molar-refractivity contribution in [1.29, 1.82) is 5.26 Å². The molecular formula is C19H13FN6. The smallest absolute Gasteiger partial charge is 0.142 e. The van der Waals surface area contributed by atoms with Crippen molar-refractivity contribution in [3.63, 3.8) is 0 Å². The SMILES string of the molecule is N#Cc1c(-c2cn[nH]c2-c2cccc(F)c2)cc(-c2ccc[nH]2)nc1N. The van der Waals surface area contributed by atoms with Crippen LogP contribution in [0.2, 0.25) is 0 Å². The predicted octanol–water partition coefficient (Wildman–Crippen LogP) is 3.73. The van der Waals surface area contributed by atoms with Crippen LogP contribution in [0.15, 0.2) is 54.9 Å². The molecule has 4 aromatic rings. The van der Waals surface area contributed by atoms with Crippen molar-refractivity contribution in [2.75, 3.05) is 5.73 Å². The first-order valence-electron chi connectivity index (χ1n) is 7.81. The van der Waals surface area contributed by atoms with E-state index in [1.54, 1.807) is 30.6 Å². The number of benzene rings is 1. The molecule has 4 rings (SSSR count). The van der Waals surface area contributed by atoms with Gasteiger partial charge in [0.05, 0.1) is 23.3 Å². The molecule has 4 N–H and O–H groups in total. The number of aromatic amines is 2. The van der Waals surface area contributed by atoms with E-state index in [2.05, 4.69) is 26.2 Å². The van der Waals surface area contributed by atoms with Crippen LogP contribution in [0, 0.1) is 17.1 Å². The number of pyridine rings is 1. The molecule has 3 heterocycles. The van der Waals surface area contributed by atoms with Crippen LogP contribution in [0.25, 0.3) is 33.8 Å². The van der Waals surface area contributed by atoms with Crippen molar-refractivity contribution >= 4 is 5.82 Å². The van der Waals surface area contributed by atoms with Crippen molar-refractivity contribution in [3.8, 4) is 39.8 Å². The molecule has 26 heavy (non-hydrogen) atoms. The minimum Gasteiger partial charge on any atom is -0.383 e. The van der Waals surface area contributed by atoms with Gasteiger partial charge in [-0.25, -0.2) is 9.37 Å². The molecule has 0 bridgehead atoms. The van der Waals surface area contributed by atoms with Gasteiger partial charge in [-0.3, -0.25) is 5.10 Å². The second-order valence-corrected chi connectivity index (χ2v) is 5.68. The van der Waals surface area contributed by atoms with Crippen LogP contribution in [-0.4, -0.2) is 20.2 Å². The Hall–Kier alpha value is -3.92. The Kier molecular flexibility index (Phi) is 3.71. The third kappa shape index (κ3) is 2.59. The zero-order valence-corrected chi connectivity index (χ0v) is 13.5. The molecule has 7 heteroatoms. The lowest BCUT2D eigenvalue weighted by Gasteiger charge is -2.10. The highest BCUT2D eigenvalue weighted by atomic mass is 19.1. The van der Waals surface area contributed by atoms with Crippen LogP contribution < -0.4 is 5.73 Å². The van der Waals surface area contributed by atoms with E-state index < -0.39 is 0 Å². The minimum absolute atomic E-state index is 0.126.